The molecule has 1 amide bonds. The van der Waals surface area contributed by atoms with E-state index in [1.54, 1.807) is 0 Å². The number of nitrogens with zero attached hydrogens (tertiary/aromatic N) is 2. The highest BCUT2D eigenvalue weighted by atomic mass is 16.2. The van der Waals surface area contributed by atoms with E-state index in [2.05, 4.69) is 19.1 Å². The number of hydrogen-bond donors (Lipinski definition) is 1. The van der Waals surface area contributed by atoms with Crippen LogP contribution in [0.1, 0.15) is 25.3 Å². The Morgan fingerprint density at radius 3 is 2.85 bits per heavy atom. The van der Waals surface area contributed by atoms with Gasteiger partial charge in [-0.05, 0) is 36.8 Å². The molecule has 1 aromatic carbocycles. The number of carbonyl (C=O) groups is 1. The second-order valence-corrected chi connectivity index (χ2v) is 5.41. The lowest BCUT2D eigenvalue weighted by atomic mass is 10.1. The van der Waals surface area contributed by atoms with Crippen LogP contribution in [0.2, 0.25) is 0 Å². The highest BCUT2D eigenvalue weighted by Crippen LogP contribution is 2.27. The van der Waals surface area contributed by atoms with Gasteiger partial charge in [0, 0.05) is 25.3 Å². The molecule has 0 spiro atoms. The normalized spacial score (nSPS) is 14.7. The van der Waals surface area contributed by atoms with Crippen LogP contribution in [-0.2, 0) is 17.9 Å². The van der Waals surface area contributed by atoms with E-state index in [1.807, 2.05) is 27.8 Å². The number of amides is 1. The molecule has 0 radical (unpaired) electrons. The standard InChI is InChI=1S/C16H21N3O/c1-2-19(14-6-7-14)15(20)11-18-9-8-12-4-3-5-13(10-17)16(12)18/h3-5,8-9,14H,2,6-7,10-11,17H2,1H3. The van der Waals surface area contributed by atoms with Crippen LogP contribution in [0, 0.1) is 0 Å². The molecule has 1 saturated carbocycles. The second kappa shape index (κ2) is 5.29. The van der Waals surface area contributed by atoms with Gasteiger partial charge >= 0.3 is 0 Å². The molecule has 1 heterocycles. The zero-order chi connectivity index (χ0) is 14.1. The van der Waals surface area contributed by atoms with Gasteiger partial charge in [0.15, 0.2) is 0 Å². The Morgan fingerprint density at radius 1 is 1.40 bits per heavy atom. The molecular weight excluding hydrogens is 250 g/mol. The third-order valence-electron chi connectivity index (χ3n) is 4.05. The third-order valence-corrected chi connectivity index (χ3v) is 4.05. The Morgan fingerprint density at radius 2 is 2.20 bits per heavy atom. The molecular formula is C16H21N3O. The van der Waals surface area contributed by atoms with E-state index >= 15 is 0 Å². The van der Waals surface area contributed by atoms with Gasteiger partial charge in [-0.1, -0.05) is 18.2 Å². The van der Waals surface area contributed by atoms with Crippen LogP contribution in [0.25, 0.3) is 10.9 Å². The molecule has 20 heavy (non-hydrogen) atoms. The van der Waals surface area contributed by atoms with Crippen molar-refractivity contribution in [1.29, 1.82) is 0 Å². The number of nitrogens with two attached hydrogens (primary N) is 1. The molecule has 106 valence electrons. The van der Waals surface area contributed by atoms with Crippen molar-refractivity contribution in [2.45, 2.75) is 38.9 Å². The minimum atomic E-state index is 0.208. The number of likely N-dealkylation sites (N-methyl/N-ethyl adjacent to an activating group) is 1. The van der Waals surface area contributed by atoms with Crippen molar-refractivity contribution in [1.82, 2.24) is 9.47 Å². The monoisotopic (exact) mass is 271 g/mol. The van der Waals surface area contributed by atoms with E-state index < -0.39 is 0 Å². The van der Waals surface area contributed by atoms with Crippen LogP contribution in [0.4, 0.5) is 0 Å². The van der Waals surface area contributed by atoms with Gasteiger partial charge in [0.05, 0.1) is 5.52 Å². The van der Waals surface area contributed by atoms with Crippen LogP contribution >= 0.6 is 0 Å². The minimum Gasteiger partial charge on any atom is -0.338 e. The maximum atomic E-state index is 12.4. The summed E-state index contributed by atoms with van der Waals surface area (Å²) in [5.74, 6) is 0.208. The van der Waals surface area contributed by atoms with Gasteiger partial charge in [0.1, 0.15) is 6.54 Å². The number of benzene rings is 1. The van der Waals surface area contributed by atoms with Crippen molar-refractivity contribution in [2.75, 3.05) is 6.54 Å². The van der Waals surface area contributed by atoms with Crippen molar-refractivity contribution in [3.05, 3.63) is 36.0 Å². The topological polar surface area (TPSA) is 51.3 Å². The Kier molecular flexibility index (Phi) is 3.49. The summed E-state index contributed by atoms with van der Waals surface area (Å²) >= 11 is 0. The summed E-state index contributed by atoms with van der Waals surface area (Å²) in [7, 11) is 0. The first-order valence-electron chi connectivity index (χ1n) is 7.31. The summed E-state index contributed by atoms with van der Waals surface area (Å²) in [6, 6.07) is 8.63. The lowest BCUT2D eigenvalue weighted by Gasteiger charge is -2.21. The molecule has 2 aromatic rings. The molecule has 0 aliphatic heterocycles. The highest BCUT2D eigenvalue weighted by molar-refractivity contribution is 5.86. The van der Waals surface area contributed by atoms with E-state index in [0.717, 1.165) is 35.9 Å². The Bertz CT molecular complexity index is 628. The first-order chi connectivity index (χ1) is 9.74. The predicted octanol–water partition coefficient (Wildman–Crippen LogP) is 2.11. The molecule has 1 aliphatic carbocycles. The molecule has 3 rings (SSSR count). The van der Waals surface area contributed by atoms with Crippen molar-refractivity contribution < 1.29 is 4.79 Å². The second-order valence-electron chi connectivity index (χ2n) is 5.41. The van der Waals surface area contributed by atoms with Gasteiger partial charge in [0.2, 0.25) is 5.91 Å². The molecule has 4 heteroatoms. The number of para-hydroxylation sites is 1. The maximum absolute atomic E-state index is 12.4. The summed E-state index contributed by atoms with van der Waals surface area (Å²) in [4.78, 5) is 14.4. The largest absolute Gasteiger partial charge is 0.338 e. The smallest absolute Gasteiger partial charge is 0.242 e. The van der Waals surface area contributed by atoms with Crippen LogP contribution in [0.3, 0.4) is 0 Å². The number of fused-ring (bicyclic) bond motifs is 1. The van der Waals surface area contributed by atoms with Crippen molar-refractivity contribution in [3.63, 3.8) is 0 Å². The molecule has 0 saturated heterocycles. The highest BCUT2D eigenvalue weighted by Gasteiger charge is 2.31. The van der Waals surface area contributed by atoms with Crippen molar-refractivity contribution in [2.24, 2.45) is 5.73 Å². The van der Waals surface area contributed by atoms with Crippen LogP contribution in [-0.4, -0.2) is 28.0 Å². The summed E-state index contributed by atoms with van der Waals surface area (Å²) in [5, 5.41) is 1.15. The lowest BCUT2D eigenvalue weighted by Crippen LogP contribution is -2.35. The molecule has 1 fully saturated rings. The van der Waals surface area contributed by atoms with E-state index in [-0.39, 0.29) is 5.91 Å². The van der Waals surface area contributed by atoms with Crippen molar-refractivity contribution >= 4 is 16.8 Å². The van der Waals surface area contributed by atoms with Crippen LogP contribution in [0.15, 0.2) is 30.5 Å². The van der Waals surface area contributed by atoms with E-state index in [4.69, 9.17) is 5.73 Å². The lowest BCUT2D eigenvalue weighted by molar-refractivity contribution is -0.132. The molecule has 1 aliphatic rings. The predicted molar refractivity (Wildman–Crippen MR) is 80.2 cm³/mol. The van der Waals surface area contributed by atoms with Gasteiger partial charge in [-0.25, -0.2) is 0 Å². The van der Waals surface area contributed by atoms with Gasteiger partial charge in [-0.15, -0.1) is 0 Å². The number of aromatic nitrogens is 1. The van der Waals surface area contributed by atoms with Crippen LogP contribution < -0.4 is 5.73 Å². The number of hydrogen-bond acceptors (Lipinski definition) is 2. The fourth-order valence-electron chi connectivity index (χ4n) is 2.90. The summed E-state index contributed by atoms with van der Waals surface area (Å²) in [6.45, 7) is 3.75. The zero-order valence-electron chi connectivity index (χ0n) is 11.9. The Labute approximate surface area is 119 Å². The van der Waals surface area contributed by atoms with Gasteiger partial charge in [-0.3, -0.25) is 4.79 Å². The van der Waals surface area contributed by atoms with E-state index in [0.29, 0.717) is 19.1 Å². The molecule has 4 nitrogen and oxygen atoms in total. The first-order valence-corrected chi connectivity index (χ1v) is 7.31. The van der Waals surface area contributed by atoms with Crippen molar-refractivity contribution in [3.8, 4) is 0 Å². The van der Waals surface area contributed by atoms with Crippen LogP contribution in [0.5, 0.6) is 0 Å². The van der Waals surface area contributed by atoms with E-state index in [9.17, 15) is 4.79 Å². The first kappa shape index (κ1) is 13.2. The van der Waals surface area contributed by atoms with Gasteiger partial charge in [0.25, 0.3) is 0 Å². The van der Waals surface area contributed by atoms with E-state index in [1.165, 1.54) is 0 Å². The third kappa shape index (κ3) is 2.31. The average molecular weight is 271 g/mol. The van der Waals surface area contributed by atoms with Gasteiger partial charge < -0.3 is 15.2 Å². The summed E-state index contributed by atoms with van der Waals surface area (Å²) in [5.41, 5.74) is 8.00. The summed E-state index contributed by atoms with van der Waals surface area (Å²) < 4.78 is 2.03. The SMILES string of the molecule is CCN(C(=O)Cn1ccc2cccc(CN)c21)C1CC1. The molecule has 0 atom stereocenters. The Hall–Kier alpha value is -1.81. The quantitative estimate of drug-likeness (QED) is 0.905. The fourth-order valence-corrected chi connectivity index (χ4v) is 2.90. The average Bonchev–Trinajstić information content (AvgIpc) is 3.21. The molecule has 0 unspecified atom stereocenters. The number of carbonyl (C=O) groups excluding carboxylic acids is 1. The fraction of sp³-hybridized carbons (Fsp3) is 0.438. The number of rotatable bonds is 5. The zero-order valence-corrected chi connectivity index (χ0v) is 11.9. The molecule has 2 N–H and O–H groups in total. The van der Waals surface area contributed by atoms with Gasteiger partial charge in [-0.2, -0.15) is 0 Å². The molecule has 1 aromatic heterocycles. The maximum Gasteiger partial charge on any atom is 0.242 e. The minimum absolute atomic E-state index is 0.208. The summed E-state index contributed by atoms with van der Waals surface area (Å²) in [6.07, 6.45) is 4.29. The Balaban J connectivity index is 1.88. The molecule has 0 bridgehead atoms.